The first-order valence-electron chi connectivity index (χ1n) is 11.8. The maximum Gasteiger partial charge on any atom is 0.417 e. The van der Waals surface area contributed by atoms with Crippen LogP contribution in [0.3, 0.4) is 0 Å². The Bertz CT molecular complexity index is 1320. The van der Waals surface area contributed by atoms with Gasteiger partial charge in [0.1, 0.15) is 11.6 Å². The van der Waals surface area contributed by atoms with E-state index in [0.717, 1.165) is 59.9 Å². The van der Waals surface area contributed by atoms with Crippen LogP contribution in [0.4, 0.5) is 29.3 Å². The summed E-state index contributed by atoms with van der Waals surface area (Å²) >= 11 is 0. The maximum absolute atomic E-state index is 14.0. The largest absolute Gasteiger partial charge is 0.417 e. The average molecular weight is 502 g/mol. The number of aliphatic imine (C=N–C) groups is 1. The molecule has 1 amide bonds. The van der Waals surface area contributed by atoms with Gasteiger partial charge in [-0.15, -0.1) is 0 Å². The summed E-state index contributed by atoms with van der Waals surface area (Å²) in [5, 5.41) is 4.21. The minimum absolute atomic E-state index is 0.108. The van der Waals surface area contributed by atoms with Crippen molar-refractivity contribution in [1.29, 1.82) is 0 Å². The van der Waals surface area contributed by atoms with Gasteiger partial charge in [0.15, 0.2) is 0 Å². The highest BCUT2D eigenvalue weighted by Crippen LogP contribution is 2.33. The molecule has 0 aliphatic heterocycles. The number of hydrogen-bond donors (Lipinski definition) is 1. The van der Waals surface area contributed by atoms with E-state index < -0.39 is 29.0 Å². The van der Waals surface area contributed by atoms with Crippen molar-refractivity contribution in [3.05, 3.63) is 58.0 Å². The molecule has 4 rings (SSSR count). The van der Waals surface area contributed by atoms with Crippen LogP contribution >= 0.6 is 0 Å². The lowest BCUT2D eigenvalue weighted by Crippen LogP contribution is -2.36. The zero-order valence-electron chi connectivity index (χ0n) is 20.1. The number of aromatic nitrogens is 2. The van der Waals surface area contributed by atoms with E-state index in [0.29, 0.717) is 24.9 Å². The Labute approximate surface area is 206 Å². The normalized spacial score (nSPS) is 17.7. The second-order valence-electron chi connectivity index (χ2n) is 9.03. The SMILES string of the molecule is CN(C)c1nc(N=C2CCC(C=CNC(=O)c3c(F)cccc3C(F)(F)F)CC2)nc2c1=CCCC=2. The summed E-state index contributed by atoms with van der Waals surface area (Å²) in [5.41, 5.74) is -1.33. The topological polar surface area (TPSA) is 70.5 Å². The van der Waals surface area contributed by atoms with E-state index in [4.69, 9.17) is 0 Å². The molecule has 0 unspecified atom stereocenters. The Morgan fingerprint density at radius 1 is 1.14 bits per heavy atom. The van der Waals surface area contributed by atoms with Crippen LogP contribution in [0.15, 0.2) is 35.5 Å². The fraction of sp³-hybridized carbons (Fsp3) is 0.385. The van der Waals surface area contributed by atoms with E-state index in [2.05, 4.69) is 32.4 Å². The van der Waals surface area contributed by atoms with E-state index in [-0.39, 0.29) is 5.92 Å². The van der Waals surface area contributed by atoms with Crippen LogP contribution < -0.4 is 20.8 Å². The van der Waals surface area contributed by atoms with Gasteiger partial charge < -0.3 is 10.2 Å². The van der Waals surface area contributed by atoms with E-state index in [1.807, 2.05) is 19.0 Å². The molecule has 2 aromatic rings. The fourth-order valence-electron chi connectivity index (χ4n) is 4.39. The predicted molar refractivity (Wildman–Crippen MR) is 131 cm³/mol. The number of benzene rings is 1. The molecule has 0 spiro atoms. The van der Waals surface area contributed by atoms with Crippen molar-refractivity contribution in [3.63, 3.8) is 0 Å². The minimum Gasteiger partial charge on any atom is -0.362 e. The number of halogens is 4. The van der Waals surface area contributed by atoms with Crippen molar-refractivity contribution < 1.29 is 22.4 Å². The summed E-state index contributed by atoms with van der Waals surface area (Å²) in [6.45, 7) is 0. The second kappa shape index (κ2) is 10.6. The number of amides is 1. The molecule has 0 bridgehead atoms. The third kappa shape index (κ3) is 5.80. The highest BCUT2D eigenvalue weighted by molar-refractivity contribution is 5.96. The molecule has 1 N–H and O–H groups in total. The van der Waals surface area contributed by atoms with Crippen LogP contribution in [0, 0.1) is 11.7 Å². The van der Waals surface area contributed by atoms with Crippen molar-refractivity contribution in [2.75, 3.05) is 19.0 Å². The van der Waals surface area contributed by atoms with Crippen molar-refractivity contribution in [3.8, 4) is 0 Å². The standard InChI is InChI=1S/C26H27F4N5O/c1-35(2)23-18-6-3-4-9-21(18)33-25(34-23)32-17-12-10-16(11-13-17)14-15-31-24(36)22-19(26(28,29)30)7-5-8-20(22)27/h5-9,14-16H,3-4,10-13H2,1-2H3,(H,31,36). The summed E-state index contributed by atoms with van der Waals surface area (Å²) < 4.78 is 53.4. The molecule has 2 aliphatic rings. The zero-order chi connectivity index (χ0) is 25.9. The number of nitrogens with one attached hydrogen (secondary N) is 1. The minimum atomic E-state index is -4.83. The van der Waals surface area contributed by atoms with Crippen LogP contribution in [-0.4, -0.2) is 35.7 Å². The van der Waals surface area contributed by atoms with E-state index in [9.17, 15) is 22.4 Å². The molecule has 36 heavy (non-hydrogen) atoms. The molecule has 0 saturated heterocycles. The first-order valence-corrected chi connectivity index (χ1v) is 11.8. The average Bonchev–Trinajstić information content (AvgIpc) is 2.83. The van der Waals surface area contributed by atoms with Gasteiger partial charge in [0.25, 0.3) is 11.9 Å². The predicted octanol–water partition coefficient (Wildman–Crippen LogP) is 4.26. The van der Waals surface area contributed by atoms with Crippen LogP contribution in [0.5, 0.6) is 0 Å². The van der Waals surface area contributed by atoms with E-state index in [1.54, 1.807) is 6.08 Å². The molecule has 1 fully saturated rings. The van der Waals surface area contributed by atoms with Gasteiger partial charge in [0.2, 0.25) is 0 Å². The van der Waals surface area contributed by atoms with Gasteiger partial charge in [-0.05, 0) is 56.6 Å². The third-order valence-electron chi connectivity index (χ3n) is 6.21. The summed E-state index contributed by atoms with van der Waals surface area (Å²) in [7, 11) is 3.88. The third-order valence-corrected chi connectivity index (χ3v) is 6.21. The summed E-state index contributed by atoms with van der Waals surface area (Å²) in [4.78, 5) is 28.1. The fourth-order valence-corrected chi connectivity index (χ4v) is 4.39. The molecule has 1 saturated carbocycles. The molecule has 0 atom stereocenters. The second-order valence-corrected chi connectivity index (χ2v) is 9.03. The lowest BCUT2D eigenvalue weighted by atomic mass is 9.88. The van der Waals surface area contributed by atoms with Crippen molar-refractivity contribution in [1.82, 2.24) is 15.3 Å². The van der Waals surface area contributed by atoms with Gasteiger partial charge in [-0.1, -0.05) is 24.3 Å². The molecular formula is C26H27F4N5O. The Morgan fingerprint density at radius 2 is 1.86 bits per heavy atom. The maximum atomic E-state index is 14.0. The number of alkyl halides is 3. The van der Waals surface area contributed by atoms with E-state index in [1.165, 1.54) is 6.20 Å². The molecule has 1 aromatic carbocycles. The molecule has 0 radical (unpaired) electrons. The smallest absolute Gasteiger partial charge is 0.362 e. The summed E-state index contributed by atoms with van der Waals surface area (Å²) in [6.07, 6.45) is 7.27. The van der Waals surface area contributed by atoms with Gasteiger partial charge in [-0.3, -0.25) is 4.79 Å². The number of anilines is 1. The van der Waals surface area contributed by atoms with Gasteiger partial charge in [-0.25, -0.2) is 14.4 Å². The Kier molecular flexibility index (Phi) is 7.51. The van der Waals surface area contributed by atoms with E-state index >= 15 is 0 Å². The number of carbonyl (C=O) groups is 1. The zero-order valence-corrected chi connectivity index (χ0v) is 20.1. The lowest BCUT2D eigenvalue weighted by molar-refractivity contribution is -0.138. The number of fused-ring (bicyclic) bond motifs is 1. The quantitative estimate of drug-likeness (QED) is 0.622. The Hall–Kier alpha value is -3.56. The molecule has 1 aromatic heterocycles. The first kappa shape index (κ1) is 25.5. The van der Waals surface area contributed by atoms with Crippen molar-refractivity contribution in [2.45, 2.75) is 44.7 Å². The number of rotatable bonds is 5. The van der Waals surface area contributed by atoms with Crippen LogP contribution in [0.25, 0.3) is 12.2 Å². The highest BCUT2D eigenvalue weighted by atomic mass is 19.4. The van der Waals surface area contributed by atoms with Crippen LogP contribution in [0.2, 0.25) is 0 Å². The lowest BCUT2D eigenvalue weighted by Gasteiger charge is -2.20. The molecule has 190 valence electrons. The number of nitrogens with zero attached hydrogens (tertiary/aromatic N) is 4. The van der Waals surface area contributed by atoms with Crippen LogP contribution in [-0.2, 0) is 6.18 Å². The van der Waals surface area contributed by atoms with Gasteiger partial charge in [0.05, 0.1) is 16.5 Å². The number of allylic oxidation sites excluding steroid dienone is 1. The van der Waals surface area contributed by atoms with Gasteiger partial charge >= 0.3 is 6.18 Å². The number of hydrogen-bond acceptors (Lipinski definition) is 5. The monoisotopic (exact) mass is 501 g/mol. The first-order chi connectivity index (χ1) is 17.1. The summed E-state index contributed by atoms with van der Waals surface area (Å²) in [6, 6.07) is 2.45. The summed E-state index contributed by atoms with van der Waals surface area (Å²) in [5.74, 6) is -0.968. The Balaban J connectivity index is 1.40. The van der Waals surface area contributed by atoms with Crippen molar-refractivity contribution >= 4 is 35.5 Å². The van der Waals surface area contributed by atoms with Crippen molar-refractivity contribution in [2.24, 2.45) is 10.9 Å². The highest BCUT2D eigenvalue weighted by Gasteiger charge is 2.36. The molecule has 1 heterocycles. The molecular weight excluding hydrogens is 474 g/mol. The molecule has 2 aliphatic carbocycles. The van der Waals surface area contributed by atoms with Crippen LogP contribution in [0.1, 0.15) is 54.4 Å². The Morgan fingerprint density at radius 3 is 2.56 bits per heavy atom. The number of carbonyl (C=O) groups excluding carboxylic acids is 1. The molecule has 10 heteroatoms. The molecule has 6 nitrogen and oxygen atoms in total. The van der Waals surface area contributed by atoms with Gasteiger partial charge in [-0.2, -0.15) is 18.2 Å². The van der Waals surface area contributed by atoms with Gasteiger partial charge in [0, 0.05) is 31.2 Å².